The first-order chi connectivity index (χ1) is 21.8. The molecule has 1 aromatic carbocycles. The van der Waals surface area contributed by atoms with Crippen LogP contribution in [0.2, 0.25) is 0 Å². The molecule has 1 aliphatic heterocycles. The van der Waals surface area contributed by atoms with Crippen LogP contribution >= 0.6 is 0 Å². The Morgan fingerprint density at radius 2 is 1.67 bits per heavy atom. The van der Waals surface area contributed by atoms with Crippen LogP contribution in [0.5, 0.6) is 0 Å². The molecule has 1 heterocycles. The second-order valence-electron chi connectivity index (χ2n) is 14.4. The van der Waals surface area contributed by atoms with E-state index in [2.05, 4.69) is 0 Å². The summed E-state index contributed by atoms with van der Waals surface area (Å²) < 4.78 is 36.7. The van der Waals surface area contributed by atoms with E-state index in [-0.39, 0.29) is 18.6 Å². The van der Waals surface area contributed by atoms with E-state index in [1.54, 1.807) is 37.4 Å². The summed E-state index contributed by atoms with van der Waals surface area (Å²) in [5.74, 6) is -4.35. The van der Waals surface area contributed by atoms with Gasteiger partial charge in [0.25, 0.3) is 0 Å². The Kier molecular flexibility index (Phi) is 7.31. The Hall–Kier alpha value is -2.20. The van der Waals surface area contributed by atoms with Crippen LogP contribution in [0.25, 0.3) is 0 Å². The first-order valence-electron chi connectivity index (χ1n) is 15.9. The molecule has 4 N–H and O–H groups in total. The summed E-state index contributed by atoms with van der Waals surface area (Å²) in [7, 11) is 7.77. The van der Waals surface area contributed by atoms with Gasteiger partial charge in [0, 0.05) is 83.5 Å². The maximum atomic E-state index is 13.7. The van der Waals surface area contributed by atoms with Crippen molar-refractivity contribution >= 4 is 11.9 Å². The van der Waals surface area contributed by atoms with E-state index in [9.17, 15) is 30.0 Å². The SMILES string of the molecule is COC[C@]12CN(C)[C@@H]3C4[C@H](OC)[C@H]1C3([C@@H](OC)C[C@H]2O)[C@]1(O)C[C@@]2(O)[C@H](OC(=O)c3ccccc3)[C@@H]1[C@]4(OC(C)=O)[C@@H](O)[C@@H]2OC. The minimum Gasteiger partial charge on any atom is -0.455 e. The molecule has 46 heavy (non-hydrogen) atoms. The molecule has 1 aromatic rings. The highest BCUT2D eigenvalue weighted by Crippen LogP contribution is 2.81. The summed E-state index contributed by atoms with van der Waals surface area (Å²) in [6.07, 6.45) is -7.39. The zero-order chi connectivity index (χ0) is 33.2. The van der Waals surface area contributed by atoms with Gasteiger partial charge in [-0.3, -0.25) is 4.79 Å². The Labute approximate surface area is 267 Å². The number of ether oxygens (including phenoxy) is 6. The molecule has 15 atom stereocenters. The van der Waals surface area contributed by atoms with E-state index >= 15 is 0 Å². The Morgan fingerprint density at radius 3 is 2.26 bits per heavy atom. The summed E-state index contributed by atoms with van der Waals surface area (Å²) in [4.78, 5) is 28.9. The van der Waals surface area contributed by atoms with E-state index in [4.69, 9.17) is 28.4 Å². The standard InChI is InChI=1S/C33H45NO12/c1-16(35)46-33-20-21(43-5)22-29(15-41-3)14-34(2)24(20)32(22,19(42-4)12-18(29)36)31(40)13-30(39,27(44-6)25(33)37)26(23(31)33)45-28(38)17-10-8-7-9-11-17/h7-11,18-27,36-37,39-40H,12-15H2,1-6H3/t18-,19+,20?,21+,22-,23+,24-,25+,26-,27+,29+,30-,31+,32?,33+/m1/s1. The third-order valence-electron chi connectivity index (χ3n) is 12.9. The van der Waals surface area contributed by atoms with Gasteiger partial charge in [0.1, 0.15) is 23.9 Å². The minimum absolute atomic E-state index is 0.113. The zero-order valence-electron chi connectivity index (χ0n) is 27.0. The van der Waals surface area contributed by atoms with Crippen molar-refractivity contribution < 1.29 is 58.4 Å². The second-order valence-corrected chi connectivity index (χ2v) is 14.4. The third-order valence-corrected chi connectivity index (χ3v) is 12.9. The second kappa shape index (κ2) is 10.4. The number of hydrogen-bond donors (Lipinski definition) is 4. The van der Waals surface area contributed by atoms with Gasteiger partial charge >= 0.3 is 11.9 Å². The van der Waals surface area contributed by atoms with Gasteiger partial charge in [-0.1, -0.05) is 18.2 Å². The molecule has 0 amide bonds. The zero-order valence-corrected chi connectivity index (χ0v) is 27.0. The fraction of sp³-hybridized carbons (Fsp3) is 0.758. The lowest BCUT2D eigenvalue weighted by Gasteiger charge is -2.72. The monoisotopic (exact) mass is 647 g/mol. The van der Waals surface area contributed by atoms with Crippen LogP contribution in [0.3, 0.4) is 0 Å². The van der Waals surface area contributed by atoms with Crippen molar-refractivity contribution in [1.82, 2.24) is 4.90 Å². The number of carbonyl (C=O) groups is 2. The highest BCUT2D eigenvalue weighted by atomic mass is 16.6. The van der Waals surface area contributed by atoms with Gasteiger partial charge in [0.2, 0.25) is 0 Å². The summed E-state index contributed by atoms with van der Waals surface area (Å²) in [5.41, 5.74) is -8.16. The van der Waals surface area contributed by atoms with E-state index in [0.29, 0.717) is 6.54 Å². The predicted octanol–water partition coefficient (Wildman–Crippen LogP) is -0.627. The van der Waals surface area contributed by atoms with Crippen molar-refractivity contribution in [3.63, 3.8) is 0 Å². The molecular formula is C33H45NO12. The average Bonchev–Trinajstić information content (AvgIpc) is 3.38. The van der Waals surface area contributed by atoms with Crippen molar-refractivity contribution in [2.45, 2.75) is 79.2 Å². The third kappa shape index (κ3) is 3.41. The molecular weight excluding hydrogens is 602 g/mol. The number of aliphatic hydroxyl groups is 4. The van der Waals surface area contributed by atoms with Gasteiger partial charge < -0.3 is 53.7 Å². The molecule has 0 aromatic heterocycles. The lowest BCUT2D eigenvalue weighted by atomic mass is 9.40. The molecule has 7 bridgehead atoms. The fourth-order valence-electron chi connectivity index (χ4n) is 12.2. The van der Waals surface area contributed by atoms with Crippen LogP contribution in [-0.2, 0) is 33.2 Å². The predicted molar refractivity (Wildman–Crippen MR) is 157 cm³/mol. The summed E-state index contributed by atoms with van der Waals surface area (Å²) in [6.45, 7) is 1.68. The maximum Gasteiger partial charge on any atom is 0.338 e. The summed E-state index contributed by atoms with van der Waals surface area (Å²) in [6, 6.07) is 7.61. The fourth-order valence-corrected chi connectivity index (χ4v) is 12.2. The number of rotatable bonds is 8. The highest BCUT2D eigenvalue weighted by molar-refractivity contribution is 5.89. The molecule has 1 spiro atoms. The van der Waals surface area contributed by atoms with Gasteiger partial charge in [0.05, 0.1) is 42.0 Å². The molecule has 2 unspecified atom stereocenters. The van der Waals surface area contributed by atoms with Crippen LogP contribution in [0.15, 0.2) is 30.3 Å². The summed E-state index contributed by atoms with van der Waals surface area (Å²) >= 11 is 0. The number of hydrogen-bond acceptors (Lipinski definition) is 13. The Balaban J connectivity index is 1.56. The van der Waals surface area contributed by atoms with Gasteiger partial charge in [-0.15, -0.1) is 0 Å². The lowest BCUT2D eigenvalue weighted by molar-refractivity contribution is -0.353. The largest absolute Gasteiger partial charge is 0.455 e. The molecule has 13 heteroatoms. The van der Waals surface area contributed by atoms with E-state index in [0.717, 1.165) is 0 Å². The molecule has 0 radical (unpaired) electrons. The Morgan fingerprint density at radius 1 is 0.978 bits per heavy atom. The number of esters is 2. The first-order valence-corrected chi connectivity index (χ1v) is 15.9. The number of methoxy groups -OCH3 is 4. The van der Waals surface area contributed by atoms with Crippen LogP contribution < -0.4 is 0 Å². The molecule has 5 aliphatic carbocycles. The van der Waals surface area contributed by atoms with Gasteiger partial charge in [-0.05, 0) is 19.2 Å². The molecule has 13 nitrogen and oxygen atoms in total. The topological polar surface area (TPSA) is 174 Å². The van der Waals surface area contributed by atoms with Crippen molar-refractivity contribution in [3.05, 3.63) is 35.9 Å². The quantitative estimate of drug-likeness (QED) is 0.263. The van der Waals surface area contributed by atoms with Crippen molar-refractivity contribution in [2.24, 2.45) is 28.6 Å². The van der Waals surface area contributed by atoms with E-state index in [1.165, 1.54) is 28.3 Å². The molecule has 6 aliphatic rings. The van der Waals surface area contributed by atoms with Crippen LogP contribution in [0.1, 0.15) is 30.1 Å². The molecule has 6 fully saturated rings. The number of benzene rings is 1. The maximum absolute atomic E-state index is 13.7. The van der Waals surface area contributed by atoms with Gasteiger partial charge in [-0.25, -0.2) is 4.79 Å². The number of piperidine rings is 1. The minimum atomic E-state index is -2.12. The molecule has 1 saturated heterocycles. The number of nitrogens with zero attached hydrogens (tertiary/aromatic N) is 1. The number of fused-ring (bicyclic) bond motifs is 2. The van der Waals surface area contributed by atoms with E-state index < -0.39 is 106 Å². The van der Waals surface area contributed by atoms with Crippen molar-refractivity contribution in [3.8, 4) is 0 Å². The van der Waals surface area contributed by atoms with Crippen LogP contribution in [-0.4, -0.2) is 145 Å². The van der Waals surface area contributed by atoms with Crippen molar-refractivity contribution in [2.75, 3.05) is 48.6 Å². The molecule has 7 rings (SSSR count). The van der Waals surface area contributed by atoms with Gasteiger partial charge in [-0.2, -0.15) is 0 Å². The van der Waals surface area contributed by atoms with Crippen LogP contribution in [0.4, 0.5) is 0 Å². The Bertz CT molecular complexity index is 1400. The smallest absolute Gasteiger partial charge is 0.338 e. The van der Waals surface area contributed by atoms with Gasteiger partial charge in [0.15, 0.2) is 5.60 Å². The normalized spacial score (nSPS) is 51.5. The van der Waals surface area contributed by atoms with Crippen molar-refractivity contribution in [1.29, 1.82) is 0 Å². The highest BCUT2D eigenvalue weighted by Gasteiger charge is 2.96. The average molecular weight is 648 g/mol. The number of aliphatic hydroxyl groups excluding tert-OH is 2. The van der Waals surface area contributed by atoms with Crippen LogP contribution in [0, 0.1) is 28.6 Å². The lowest BCUT2D eigenvalue weighted by Crippen LogP contribution is -2.85. The number of carbonyl (C=O) groups excluding carboxylic acids is 2. The van der Waals surface area contributed by atoms with E-state index in [1.807, 2.05) is 11.9 Å². The summed E-state index contributed by atoms with van der Waals surface area (Å²) in [5, 5.41) is 50.8. The number of likely N-dealkylation sites (tertiary alicyclic amines) is 1. The molecule has 254 valence electrons. The first kappa shape index (κ1) is 32.4. The molecule has 5 saturated carbocycles.